The van der Waals surface area contributed by atoms with Gasteiger partial charge in [0.05, 0.1) is 13.2 Å². The number of esters is 1. The van der Waals surface area contributed by atoms with Crippen LogP contribution in [0.1, 0.15) is 50.0 Å². The van der Waals surface area contributed by atoms with E-state index in [1.165, 1.54) is 19.3 Å². The van der Waals surface area contributed by atoms with Crippen LogP contribution in [0.5, 0.6) is 0 Å². The lowest BCUT2D eigenvalue weighted by Crippen LogP contribution is -2.39. The summed E-state index contributed by atoms with van der Waals surface area (Å²) in [5, 5.41) is 0. The minimum absolute atomic E-state index is 0.0560. The third kappa shape index (κ3) is 2.26. The van der Waals surface area contributed by atoms with Gasteiger partial charge in [-0.2, -0.15) is 0 Å². The third-order valence-electron chi connectivity index (χ3n) is 4.82. The summed E-state index contributed by atoms with van der Waals surface area (Å²) < 4.78 is 11.1. The number of ether oxygens (including phenoxy) is 1. The molecule has 0 N–H and O–H groups in total. The molecule has 0 aromatic carbocycles. The maximum absolute atomic E-state index is 11.8. The smallest absolute Gasteiger partial charge is 0.323 e. The highest BCUT2D eigenvalue weighted by atomic mass is 16.5. The Labute approximate surface area is 119 Å². The maximum atomic E-state index is 11.8. The molecule has 4 nitrogen and oxygen atoms in total. The number of nitrogens with zero attached hydrogens (tertiary/aromatic N) is 1. The van der Waals surface area contributed by atoms with Gasteiger partial charge in [0.2, 0.25) is 0 Å². The molecule has 2 heterocycles. The van der Waals surface area contributed by atoms with Gasteiger partial charge in [-0.1, -0.05) is 6.92 Å². The molecular formula is C16H21NO3. The Balaban J connectivity index is 1.47. The number of carbonyl (C=O) groups is 1. The van der Waals surface area contributed by atoms with Gasteiger partial charge in [0.1, 0.15) is 17.6 Å². The standard InChI is InChI=1S/C16H21NO3/c1-10-8-13(10)15-5-4-12(20-15)9-17(11-2-3-11)14-6-7-19-16(14)18/h4-5,10-11,13-14H,2-3,6-9H2,1H3/t10-,13-,14+/m1/s1. The second-order valence-corrected chi connectivity index (χ2v) is 6.50. The summed E-state index contributed by atoms with van der Waals surface area (Å²) in [5.41, 5.74) is 0. The molecule has 0 radical (unpaired) electrons. The predicted octanol–water partition coefficient (Wildman–Crippen LogP) is 2.68. The summed E-state index contributed by atoms with van der Waals surface area (Å²) >= 11 is 0. The van der Waals surface area contributed by atoms with Crippen molar-refractivity contribution < 1.29 is 13.9 Å². The first kappa shape index (κ1) is 12.5. The number of furan rings is 1. The lowest BCUT2D eigenvalue weighted by Gasteiger charge is -2.24. The van der Waals surface area contributed by atoms with E-state index in [2.05, 4.69) is 24.0 Å². The van der Waals surface area contributed by atoms with E-state index in [0.717, 1.165) is 30.4 Å². The van der Waals surface area contributed by atoms with Gasteiger partial charge in [-0.3, -0.25) is 9.69 Å². The molecule has 2 aliphatic carbocycles. The largest absolute Gasteiger partial charge is 0.464 e. The summed E-state index contributed by atoms with van der Waals surface area (Å²) in [6.45, 7) is 3.57. The molecule has 4 rings (SSSR count). The van der Waals surface area contributed by atoms with Crippen LogP contribution >= 0.6 is 0 Å². The van der Waals surface area contributed by atoms with E-state index in [4.69, 9.17) is 9.15 Å². The molecule has 108 valence electrons. The molecule has 3 atom stereocenters. The van der Waals surface area contributed by atoms with Crippen LogP contribution < -0.4 is 0 Å². The number of cyclic esters (lactones) is 1. The molecule has 2 saturated carbocycles. The summed E-state index contributed by atoms with van der Waals surface area (Å²) in [4.78, 5) is 14.1. The molecule has 0 unspecified atom stereocenters. The van der Waals surface area contributed by atoms with Gasteiger partial charge in [-0.25, -0.2) is 0 Å². The highest BCUT2D eigenvalue weighted by molar-refractivity contribution is 5.77. The van der Waals surface area contributed by atoms with Crippen LogP contribution in [0.25, 0.3) is 0 Å². The molecule has 0 amide bonds. The van der Waals surface area contributed by atoms with Crippen molar-refractivity contribution in [1.29, 1.82) is 0 Å². The van der Waals surface area contributed by atoms with E-state index in [1.807, 2.05) is 0 Å². The second kappa shape index (κ2) is 4.62. The SMILES string of the molecule is C[C@@H]1C[C@H]1c1ccc(CN(C2CC2)[C@H]2CCOC2=O)o1. The fraction of sp³-hybridized carbons (Fsp3) is 0.688. The van der Waals surface area contributed by atoms with Gasteiger partial charge < -0.3 is 9.15 Å². The lowest BCUT2D eigenvalue weighted by atomic mass is 10.2. The van der Waals surface area contributed by atoms with Crippen molar-refractivity contribution in [2.24, 2.45) is 5.92 Å². The highest BCUT2D eigenvalue weighted by Gasteiger charge is 2.41. The topological polar surface area (TPSA) is 42.7 Å². The summed E-state index contributed by atoms with van der Waals surface area (Å²) in [6.07, 6.45) is 4.45. The van der Waals surface area contributed by atoms with E-state index in [9.17, 15) is 4.79 Å². The zero-order valence-electron chi connectivity index (χ0n) is 11.9. The third-order valence-corrected chi connectivity index (χ3v) is 4.82. The molecule has 20 heavy (non-hydrogen) atoms. The minimum Gasteiger partial charge on any atom is -0.464 e. The molecule has 0 spiro atoms. The van der Waals surface area contributed by atoms with E-state index >= 15 is 0 Å². The normalized spacial score (nSPS) is 32.7. The molecular weight excluding hydrogens is 254 g/mol. The first-order valence-electron chi connectivity index (χ1n) is 7.73. The Morgan fingerprint density at radius 3 is 2.70 bits per heavy atom. The minimum atomic E-state index is -0.0594. The Hall–Kier alpha value is -1.29. The monoisotopic (exact) mass is 275 g/mol. The average molecular weight is 275 g/mol. The fourth-order valence-electron chi connectivity index (χ4n) is 3.26. The van der Waals surface area contributed by atoms with E-state index in [0.29, 0.717) is 18.6 Å². The molecule has 1 aromatic rings. The summed E-state index contributed by atoms with van der Waals surface area (Å²) in [7, 11) is 0. The van der Waals surface area contributed by atoms with Gasteiger partial charge in [-0.15, -0.1) is 0 Å². The Morgan fingerprint density at radius 2 is 2.10 bits per heavy atom. The Kier molecular flexibility index (Phi) is 2.88. The van der Waals surface area contributed by atoms with Crippen molar-refractivity contribution in [2.45, 2.75) is 57.2 Å². The van der Waals surface area contributed by atoms with Crippen molar-refractivity contribution in [2.75, 3.05) is 6.61 Å². The van der Waals surface area contributed by atoms with Crippen LogP contribution in [0, 0.1) is 5.92 Å². The van der Waals surface area contributed by atoms with Crippen LogP contribution in [-0.2, 0) is 16.1 Å². The van der Waals surface area contributed by atoms with Crippen molar-refractivity contribution in [1.82, 2.24) is 4.90 Å². The molecule has 1 aromatic heterocycles. The van der Waals surface area contributed by atoms with Crippen LogP contribution in [-0.4, -0.2) is 29.6 Å². The van der Waals surface area contributed by atoms with Crippen LogP contribution in [0.2, 0.25) is 0 Å². The first-order chi connectivity index (χ1) is 9.72. The van der Waals surface area contributed by atoms with E-state index in [1.54, 1.807) is 0 Å². The summed E-state index contributed by atoms with van der Waals surface area (Å²) in [5.74, 6) is 3.44. The predicted molar refractivity (Wildman–Crippen MR) is 73.2 cm³/mol. The van der Waals surface area contributed by atoms with Gasteiger partial charge in [0, 0.05) is 18.4 Å². The maximum Gasteiger partial charge on any atom is 0.323 e. The molecule has 4 heteroatoms. The number of rotatable bonds is 5. The van der Waals surface area contributed by atoms with Gasteiger partial charge in [0.15, 0.2) is 0 Å². The molecule has 0 bridgehead atoms. The quantitative estimate of drug-likeness (QED) is 0.775. The number of hydrogen-bond donors (Lipinski definition) is 0. The second-order valence-electron chi connectivity index (χ2n) is 6.50. The Morgan fingerprint density at radius 1 is 1.30 bits per heavy atom. The zero-order valence-corrected chi connectivity index (χ0v) is 11.9. The summed E-state index contributed by atoms with van der Waals surface area (Å²) in [6, 6.07) is 4.67. The first-order valence-corrected chi connectivity index (χ1v) is 7.73. The van der Waals surface area contributed by atoms with Gasteiger partial charge in [-0.05, 0) is 37.3 Å². The zero-order chi connectivity index (χ0) is 13.7. The van der Waals surface area contributed by atoms with Crippen molar-refractivity contribution in [3.05, 3.63) is 23.7 Å². The van der Waals surface area contributed by atoms with Crippen LogP contribution in [0.3, 0.4) is 0 Å². The highest BCUT2D eigenvalue weighted by Crippen LogP contribution is 2.47. The van der Waals surface area contributed by atoms with E-state index < -0.39 is 0 Å². The van der Waals surface area contributed by atoms with Crippen molar-refractivity contribution in [3.8, 4) is 0 Å². The number of carbonyl (C=O) groups excluding carboxylic acids is 1. The number of hydrogen-bond acceptors (Lipinski definition) is 4. The Bertz CT molecular complexity index is 520. The molecule has 1 aliphatic heterocycles. The van der Waals surface area contributed by atoms with Crippen molar-refractivity contribution >= 4 is 5.97 Å². The van der Waals surface area contributed by atoms with Crippen molar-refractivity contribution in [3.63, 3.8) is 0 Å². The molecule has 3 fully saturated rings. The van der Waals surface area contributed by atoms with Gasteiger partial charge in [0.25, 0.3) is 0 Å². The van der Waals surface area contributed by atoms with E-state index in [-0.39, 0.29) is 12.0 Å². The average Bonchev–Trinajstić information content (AvgIpc) is 3.31. The molecule has 1 saturated heterocycles. The fourth-order valence-corrected chi connectivity index (χ4v) is 3.26. The van der Waals surface area contributed by atoms with Gasteiger partial charge >= 0.3 is 5.97 Å². The van der Waals surface area contributed by atoms with Crippen LogP contribution in [0.4, 0.5) is 0 Å². The molecule has 3 aliphatic rings. The lowest BCUT2D eigenvalue weighted by molar-refractivity contribution is -0.142. The van der Waals surface area contributed by atoms with Crippen LogP contribution in [0.15, 0.2) is 16.5 Å².